The summed E-state index contributed by atoms with van der Waals surface area (Å²) in [5.74, 6) is 0. The minimum atomic E-state index is -0.414. The Morgan fingerprint density at radius 3 is 3.12 bits per heavy atom. The van der Waals surface area contributed by atoms with Crippen molar-refractivity contribution in [3.8, 4) is 0 Å². The number of anilines is 1. The van der Waals surface area contributed by atoms with Crippen LogP contribution in [0.3, 0.4) is 0 Å². The predicted octanol–water partition coefficient (Wildman–Crippen LogP) is 0.234. The van der Waals surface area contributed by atoms with Gasteiger partial charge in [-0.3, -0.25) is 4.79 Å². The van der Waals surface area contributed by atoms with Gasteiger partial charge in [0.05, 0.1) is 25.1 Å². The maximum absolute atomic E-state index is 11.1. The number of aromatic nitrogens is 2. The summed E-state index contributed by atoms with van der Waals surface area (Å²) in [4.78, 5) is 11.1. The lowest BCUT2D eigenvalue weighted by molar-refractivity contribution is 0.0922. The van der Waals surface area contributed by atoms with Crippen molar-refractivity contribution in [3.63, 3.8) is 0 Å². The highest BCUT2D eigenvalue weighted by Crippen LogP contribution is 2.13. The average Bonchev–Trinajstić information content (AvgIpc) is 2.29. The van der Waals surface area contributed by atoms with E-state index in [0.717, 1.165) is 6.42 Å². The molecule has 0 aliphatic carbocycles. The summed E-state index contributed by atoms with van der Waals surface area (Å²) >= 11 is 5.75. The van der Waals surface area contributed by atoms with Crippen molar-refractivity contribution in [2.75, 3.05) is 31.7 Å². The molecule has 1 rings (SSSR count). The Kier molecular flexibility index (Phi) is 5.84. The van der Waals surface area contributed by atoms with E-state index in [1.165, 1.54) is 6.20 Å². The van der Waals surface area contributed by atoms with Gasteiger partial charge in [-0.15, -0.1) is 0 Å². The van der Waals surface area contributed by atoms with E-state index in [-0.39, 0.29) is 11.6 Å². The first-order valence-corrected chi connectivity index (χ1v) is 5.29. The second kappa shape index (κ2) is 7.21. The highest BCUT2D eigenvalue weighted by Gasteiger charge is 2.03. The number of H-pyrrole nitrogens is 1. The van der Waals surface area contributed by atoms with E-state index < -0.39 is 5.56 Å². The van der Waals surface area contributed by atoms with Crippen LogP contribution in [0.4, 0.5) is 5.69 Å². The van der Waals surface area contributed by atoms with Crippen molar-refractivity contribution < 1.29 is 9.84 Å². The molecule has 1 heterocycles. The minimum Gasteiger partial charge on any atom is -0.394 e. The molecule has 0 aliphatic heterocycles. The fourth-order valence-corrected chi connectivity index (χ4v) is 1.23. The second-order valence-corrected chi connectivity index (χ2v) is 3.42. The highest BCUT2D eigenvalue weighted by atomic mass is 35.5. The Hall–Kier alpha value is -1.11. The zero-order chi connectivity index (χ0) is 11.8. The van der Waals surface area contributed by atoms with Gasteiger partial charge in [-0.05, 0) is 6.42 Å². The molecule has 0 spiro atoms. The molecule has 0 amide bonds. The van der Waals surface area contributed by atoms with Gasteiger partial charge >= 0.3 is 0 Å². The van der Waals surface area contributed by atoms with Crippen LogP contribution < -0.4 is 10.9 Å². The van der Waals surface area contributed by atoms with Gasteiger partial charge in [0.25, 0.3) is 5.56 Å². The van der Waals surface area contributed by atoms with Gasteiger partial charge in [0.2, 0.25) is 0 Å². The summed E-state index contributed by atoms with van der Waals surface area (Å²) in [5.41, 5.74) is 0.0933. The number of nitrogens with zero attached hydrogens (tertiary/aromatic N) is 1. The standard InChI is InChI=1S/C9H14ClN3O3/c10-8-7(6-12-13-9(8)15)11-2-1-4-16-5-3-14/h6,14H,1-5H2,(H2,11,13,15). The summed E-state index contributed by atoms with van der Waals surface area (Å²) in [5, 5.41) is 17.4. The molecule has 0 fully saturated rings. The van der Waals surface area contributed by atoms with Gasteiger partial charge < -0.3 is 15.2 Å². The quantitative estimate of drug-likeness (QED) is 0.601. The smallest absolute Gasteiger partial charge is 0.285 e. The van der Waals surface area contributed by atoms with E-state index in [9.17, 15) is 4.79 Å². The summed E-state index contributed by atoms with van der Waals surface area (Å²) in [6.07, 6.45) is 2.21. The van der Waals surface area contributed by atoms with Crippen molar-refractivity contribution in [2.24, 2.45) is 0 Å². The summed E-state index contributed by atoms with van der Waals surface area (Å²) in [7, 11) is 0. The fourth-order valence-electron chi connectivity index (χ4n) is 1.07. The minimum absolute atomic E-state index is 0.0250. The molecule has 0 radical (unpaired) electrons. The maximum atomic E-state index is 11.1. The number of hydrogen-bond donors (Lipinski definition) is 3. The zero-order valence-corrected chi connectivity index (χ0v) is 9.46. The van der Waals surface area contributed by atoms with E-state index in [1.54, 1.807) is 0 Å². The van der Waals surface area contributed by atoms with E-state index in [1.807, 2.05) is 0 Å². The predicted molar refractivity (Wildman–Crippen MR) is 60.9 cm³/mol. The van der Waals surface area contributed by atoms with Gasteiger partial charge in [0.1, 0.15) is 5.02 Å². The Labute approximate surface area is 97.6 Å². The van der Waals surface area contributed by atoms with Crippen molar-refractivity contribution in [2.45, 2.75) is 6.42 Å². The van der Waals surface area contributed by atoms with Crippen LogP contribution in [0, 0.1) is 0 Å². The van der Waals surface area contributed by atoms with Gasteiger partial charge in [-0.2, -0.15) is 5.10 Å². The Morgan fingerprint density at radius 2 is 2.38 bits per heavy atom. The molecule has 6 nitrogen and oxygen atoms in total. The van der Waals surface area contributed by atoms with Crippen molar-refractivity contribution in [3.05, 3.63) is 21.6 Å². The second-order valence-electron chi connectivity index (χ2n) is 3.04. The number of hydrogen-bond acceptors (Lipinski definition) is 5. The van der Waals surface area contributed by atoms with Gasteiger partial charge in [-0.25, -0.2) is 5.10 Å². The van der Waals surface area contributed by atoms with Gasteiger partial charge in [0, 0.05) is 13.2 Å². The van der Waals surface area contributed by atoms with Crippen molar-refractivity contribution in [1.82, 2.24) is 10.2 Å². The molecule has 0 aliphatic rings. The molecule has 0 unspecified atom stereocenters. The molecule has 0 bridgehead atoms. The monoisotopic (exact) mass is 247 g/mol. The van der Waals surface area contributed by atoms with E-state index in [4.69, 9.17) is 21.4 Å². The Morgan fingerprint density at radius 1 is 1.56 bits per heavy atom. The van der Waals surface area contributed by atoms with Gasteiger partial charge in [0.15, 0.2) is 0 Å². The zero-order valence-electron chi connectivity index (χ0n) is 8.70. The number of nitrogens with one attached hydrogen (secondary N) is 2. The molecule has 0 saturated carbocycles. The van der Waals surface area contributed by atoms with Crippen molar-refractivity contribution >= 4 is 17.3 Å². The molecule has 7 heteroatoms. The average molecular weight is 248 g/mol. The molecule has 3 N–H and O–H groups in total. The largest absolute Gasteiger partial charge is 0.394 e. The topological polar surface area (TPSA) is 87.2 Å². The number of rotatable bonds is 7. The molecule has 0 atom stereocenters. The Bertz CT molecular complexity index is 369. The first-order chi connectivity index (χ1) is 7.75. The molecule has 16 heavy (non-hydrogen) atoms. The van der Waals surface area contributed by atoms with Crippen LogP contribution in [-0.2, 0) is 4.74 Å². The number of aliphatic hydroxyl groups excluding tert-OH is 1. The molecular weight excluding hydrogens is 234 g/mol. The third kappa shape index (κ3) is 4.18. The molecule has 1 aromatic rings. The van der Waals surface area contributed by atoms with E-state index >= 15 is 0 Å². The SMILES string of the molecule is O=c1[nH]ncc(NCCCOCCO)c1Cl. The van der Waals surface area contributed by atoms with Crippen LogP contribution in [0.1, 0.15) is 6.42 Å². The molecular formula is C9H14ClN3O3. The van der Waals surface area contributed by atoms with Crippen molar-refractivity contribution in [1.29, 1.82) is 0 Å². The number of aromatic amines is 1. The number of ether oxygens (including phenoxy) is 1. The first-order valence-electron chi connectivity index (χ1n) is 4.91. The lowest BCUT2D eigenvalue weighted by Gasteiger charge is -2.06. The summed E-state index contributed by atoms with van der Waals surface area (Å²) in [6, 6.07) is 0. The van der Waals surface area contributed by atoms with Crippen LogP contribution in [0.2, 0.25) is 5.02 Å². The summed E-state index contributed by atoms with van der Waals surface area (Å²) < 4.78 is 5.07. The molecule has 90 valence electrons. The van der Waals surface area contributed by atoms with Crippen LogP contribution in [0.15, 0.2) is 11.0 Å². The fraction of sp³-hybridized carbons (Fsp3) is 0.556. The normalized spacial score (nSPS) is 10.4. The molecule has 1 aromatic heterocycles. The van der Waals surface area contributed by atoms with Crippen LogP contribution in [-0.4, -0.2) is 41.7 Å². The number of aliphatic hydroxyl groups is 1. The molecule has 0 aromatic carbocycles. The summed E-state index contributed by atoms with van der Waals surface area (Å²) in [6.45, 7) is 1.53. The van der Waals surface area contributed by atoms with Crippen LogP contribution in [0.25, 0.3) is 0 Å². The maximum Gasteiger partial charge on any atom is 0.285 e. The Balaban J connectivity index is 2.27. The van der Waals surface area contributed by atoms with Crippen LogP contribution in [0.5, 0.6) is 0 Å². The van der Waals surface area contributed by atoms with Crippen LogP contribution >= 0.6 is 11.6 Å². The lowest BCUT2D eigenvalue weighted by atomic mass is 10.4. The third-order valence-electron chi connectivity index (χ3n) is 1.81. The first kappa shape index (κ1) is 13.0. The highest BCUT2D eigenvalue weighted by molar-refractivity contribution is 6.32. The van der Waals surface area contributed by atoms with E-state index in [2.05, 4.69) is 15.5 Å². The molecule has 0 saturated heterocycles. The third-order valence-corrected chi connectivity index (χ3v) is 2.19. The van der Waals surface area contributed by atoms with E-state index in [0.29, 0.717) is 25.4 Å². The van der Waals surface area contributed by atoms with Gasteiger partial charge in [-0.1, -0.05) is 11.6 Å². The lowest BCUT2D eigenvalue weighted by Crippen LogP contribution is -2.13. The number of halogens is 1.